The molecule has 1 aliphatic heterocycles. The Kier molecular flexibility index (Phi) is 15.1. The number of hydrogen-bond acceptors (Lipinski definition) is 3. The Balaban J connectivity index is 0.000000696. The molecule has 2 aliphatic rings. The molecule has 174 valence electrons. The van der Waals surface area contributed by atoms with Gasteiger partial charge < -0.3 is 15.1 Å². The molecule has 1 aromatic carbocycles. The summed E-state index contributed by atoms with van der Waals surface area (Å²) in [6, 6.07) is 14.8. The van der Waals surface area contributed by atoms with Crippen molar-refractivity contribution < 1.29 is 4.42 Å². The Labute approximate surface area is 190 Å². The molecule has 0 unspecified atom stereocenters. The van der Waals surface area contributed by atoms with Crippen molar-refractivity contribution >= 4 is 16.7 Å². The highest BCUT2D eigenvalue weighted by Crippen LogP contribution is 2.29. The molecule has 0 saturated heterocycles. The summed E-state index contributed by atoms with van der Waals surface area (Å²) in [5.41, 5.74) is 8.45. The number of hydrogen-bond donors (Lipinski definition) is 1. The monoisotopic (exact) mass is 428 g/mol. The van der Waals surface area contributed by atoms with E-state index in [1.54, 1.807) is 0 Å². The largest absolute Gasteiger partial charge is 0.456 e. The van der Waals surface area contributed by atoms with Crippen LogP contribution >= 0.6 is 0 Å². The van der Waals surface area contributed by atoms with Crippen LogP contribution in [0.2, 0.25) is 0 Å². The standard InChI is InChI=1S/C17H19N2O.C6H15N.2C2H6/c1-18(2)14-7-5-12-9-13-6-8-15(19(3)4)11-17(13)20-16(12)10-14;1-2-3-4-5-6-7;2*1-2/h5-11H,1-4H3;2-7H2,1H3;2*1-2H3/q+1;;;. The summed E-state index contributed by atoms with van der Waals surface area (Å²) in [5.74, 6) is 0.916. The molecule has 31 heavy (non-hydrogen) atoms. The van der Waals surface area contributed by atoms with Crippen molar-refractivity contribution in [1.82, 2.24) is 4.58 Å². The van der Waals surface area contributed by atoms with E-state index in [-0.39, 0.29) is 0 Å². The van der Waals surface area contributed by atoms with E-state index in [0.717, 1.165) is 39.9 Å². The summed E-state index contributed by atoms with van der Waals surface area (Å²) in [6.07, 6.45) is 5.16. The average molecular weight is 429 g/mol. The molecule has 0 bridgehead atoms. The lowest BCUT2D eigenvalue weighted by atomic mass is 10.1. The fourth-order valence-corrected chi connectivity index (χ4v) is 2.87. The maximum atomic E-state index is 6.07. The van der Waals surface area contributed by atoms with Crippen LogP contribution in [-0.4, -0.2) is 34.7 Å². The van der Waals surface area contributed by atoms with E-state index in [4.69, 9.17) is 10.2 Å². The average Bonchev–Trinajstić information content (AvgIpc) is 2.80. The van der Waals surface area contributed by atoms with E-state index >= 15 is 0 Å². The minimum atomic E-state index is 0.861. The van der Waals surface area contributed by atoms with E-state index in [1.807, 2.05) is 55.9 Å². The molecule has 1 heterocycles. The van der Waals surface area contributed by atoms with Crippen LogP contribution in [0.25, 0.3) is 22.3 Å². The zero-order chi connectivity index (χ0) is 23.8. The molecule has 2 N–H and O–H groups in total. The Morgan fingerprint density at radius 2 is 1.55 bits per heavy atom. The Morgan fingerprint density at radius 3 is 2.10 bits per heavy atom. The number of nitrogens with two attached hydrogens (primary N) is 1. The van der Waals surface area contributed by atoms with Crippen molar-refractivity contribution in [3.05, 3.63) is 47.8 Å². The number of rotatable bonds is 5. The van der Waals surface area contributed by atoms with Gasteiger partial charge in [0.15, 0.2) is 0 Å². The Bertz CT molecular complexity index is 888. The van der Waals surface area contributed by atoms with Gasteiger partial charge in [0.1, 0.15) is 25.4 Å². The highest BCUT2D eigenvalue weighted by molar-refractivity contribution is 5.85. The second kappa shape index (κ2) is 16.4. The zero-order valence-corrected chi connectivity index (χ0v) is 21.5. The SMILES string of the molecule is CC.CC.CCCCCCN.CN(C)c1ccc2cc3ccc(=[N+](C)C)cc-3oc2c1. The third kappa shape index (κ3) is 9.56. The van der Waals surface area contributed by atoms with Crippen molar-refractivity contribution in [2.24, 2.45) is 5.73 Å². The van der Waals surface area contributed by atoms with E-state index in [2.05, 4.69) is 58.9 Å². The number of nitrogens with zero attached hydrogens (tertiary/aromatic N) is 2. The van der Waals surface area contributed by atoms with Crippen molar-refractivity contribution in [2.75, 3.05) is 39.6 Å². The van der Waals surface area contributed by atoms with Crippen LogP contribution in [0.4, 0.5) is 5.69 Å². The quantitative estimate of drug-likeness (QED) is 0.298. The summed E-state index contributed by atoms with van der Waals surface area (Å²) < 4.78 is 8.15. The van der Waals surface area contributed by atoms with Crippen LogP contribution in [0.15, 0.2) is 46.9 Å². The first-order valence-corrected chi connectivity index (χ1v) is 11.8. The molecule has 1 aromatic rings. The normalized spacial score (nSPS) is 9.61. The molecule has 0 amide bonds. The second-order valence-electron chi connectivity index (χ2n) is 7.33. The summed E-state index contributed by atoms with van der Waals surface area (Å²) in [6.45, 7) is 11.1. The molecule has 0 atom stereocenters. The summed E-state index contributed by atoms with van der Waals surface area (Å²) >= 11 is 0. The van der Waals surface area contributed by atoms with Crippen LogP contribution in [0.5, 0.6) is 0 Å². The minimum Gasteiger partial charge on any atom is -0.456 e. The Hall–Kier alpha value is -2.33. The van der Waals surface area contributed by atoms with Crippen molar-refractivity contribution in [2.45, 2.75) is 60.3 Å². The lowest BCUT2D eigenvalue weighted by Gasteiger charge is -2.13. The number of anilines is 1. The van der Waals surface area contributed by atoms with Gasteiger partial charge in [-0.25, -0.2) is 4.58 Å². The van der Waals surface area contributed by atoms with E-state index in [9.17, 15) is 0 Å². The van der Waals surface area contributed by atoms with Gasteiger partial charge in [0, 0.05) is 42.9 Å². The van der Waals surface area contributed by atoms with Crippen LogP contribution in [-0.2, 0) is 0 Å². The fourth-order valence-electron chi connectivity index (χ4n) is 2.87. The van der Waals surface area contributed by atoms with Gasteiger partial charge in [0.2, 0.25) is 5.36 Å². The van der Waals surface area contributed by atoms with Gasteiger partial charge in [-0.1, -0.05) is 53.9 Å². The predicted molar refractivity (Wildman–Crippen MR) is 140 cm³/mol. The molecule has 4 nitrogen and oxygen atoms in total. The summed E-state index contributed by atoms with van der Waals surface area (Å²) in [5, 5.41) is 2.27. The number of benzene rings is 2. The molecule has 0 saturated carbocycles. The number of unbranched alkanes of at least 4 members (excludes halogenated alkanes) is 3. The number of fused-ring (bicyclic) bond motifs is 2. The maximum absolute atomic E-state index is 6.07. The predicted octanol–water partition coefficient (Wildman–Crippen LogP) is 6.21. The second-order valence-corrected chi connectivity index (χ2v) is 7.33. The molecule has 1 aliphatic carbocycles. The zero-order valence-electron chi connectivity index (χ0n) is 21.5. The first-order chi connectivity index (χ1) is 15.0. The van der Waals surface area contributed by atoms with Crippen LogP contribution < -0.4 is 20.6 Å². The topological polar surface area (TPSA) is 45.4 Å². The molecule has 4 heteroatoms. The maximum Gasteiger partial charge on any atom is 0.203 e. The molecule has 0 radical (unpaired) electrons. The molecule has 0 fully saturated rings. The highest BCUT2D eigenvalue weighted by atomic mass is 16.3. The molecular formula is C27H46N3O+. The van der Waals surface area contributed by atoms with E-state index < -0.39 is 0 Å². The van der Waals surface area contributed by atoms with Crippen molar-refractivity contribution in [1.29, 1.82) is 0 Å². The van der Waals surface area contributed by atoms with Crippen molar-refractivity contribution in [3.8, 4) is 11.3 Å². The lowest BCUT2D eigenvalue weighted by Crippen LogP contribution is -2.21. The molecule has 0 aromatic heterocycles. The van der Waals surface area contributed by atoms with Gasteiger partial charge in [0.25, 0.3) is 0 Å². The van der Waals surface area contributed by atoms with Gasteiger partial charge in [-0.2, -0.15) is 0 Å². The minimum absolute atomic E-state index is 0.861. The molecule has 0 spiro atoms. The van der Waals surface area contributed by atoms with Gasteiger partial charge in [-0.05, 0) is 37.2 Å². The summed E-state index contributed by atoms with van der Waals surface area (Å²) in [4.78, 5) is 2.08. The smallest absolute Gasteiger partial charge is 0.203 e. The lowest BCUT2D eigenvalue weighted by molar-refractivity contribution is 0.617. The van der Waals surface area contributed by atoms with Crippen molar-refractivity contribution in [3.63, 3.8) is 0 Å². The van der Waals surface area contributed by atoms with Gasteiger partial charge in [0.05, 0.1) is 6.07 Å². The van der Waals surface area contributed by atoms with Gasteiger partial charge >= 0.3 is 0 Å². The Morgan fingerprint density at radius 1 is 0.871 bits per heavy atom. The fraction of sp³-hybridized carbons (Fsp3) is 0.519. The van der Waals surface area contributed by atoms with E-state index in [1.165, 1.54) is 25.7 Å². The molecule has 3 rings (SSSR count). The van der Waals surface area contributed by atoms with Gasteiger partial charge in [-0.3, -0.25) is 0 Å². The first-order valence-electron chi connectivity index (χ1n) is 11.8. The highest BCUT2D eigenvalue weighted by Gasteiger charge is 2.09. The van der Waals surface area contributed by atoms with Gasteiger partial charge in [-0.15, -0.1) is 0 Å². The third-order valence-electron chi connectivity index (χ3n) is 4.62. The summed E-state index contributed by atoms with van der Waals surface area (Å²) in [7, 11) is 8.14. The van der Waals surface area contributed by atoms with Crippen LogP contribution in [0, 0.1) is 0 Å². The third-order valence-corrected chi connectivity index (χ3v) is 4.62. The van der Waals surface area contributed by atoms with Crippen LogP contribution in [0.1, 0.15) is 60.3 Å². The first kappa shape index (κ1) is 28.7. The van der Waals surface area contributed by atoms with Crippen LogP contribution in [0.3, 0.4) is 0 Å². The van der Waals surface area contributed by atoms with E-state index in [0.29, 0.717) is 0 Å². The molecular weight excluding hydrogens is 382 g/mol.